The monoisotopic (exact) mass is 255 g/mol. The lowest BCUT2D eigenvalue weighted by molar-refractivity contribution is -0.125. The first-order valence-corrected chi connectivity index (χ1v) is 5.93. The van der Waals surface area contributed by atoms with Crippen molar-refractivity contribution in [2.24, 2.45) is 10.5 Å². The molecule has 0 radical (unpaired) electrons. The molecule has 1 aliphatic rings. The van der Waals surface area contributed by atoms with Crippen molar-refractivity contribution in [2.75, 3.05) is 0 Å². The van der Waals surface area contributed by atoms with Crippen LogP contribution in [0.2, 0.25) is 0 Å². The first kappa shape index (κ1) is 11.6. The highest BCUT2D eigenvalue weighted by atomic mass is 16.2. The third-order valence-corrected chi connectivity index (χ3v) is 3.25. The van der Waals surface area contributed by atoms with Gasteiger partial charge >= 0.3 is 0 Å². The second-order valence-electron chi connectivity index (χ2n) is 4.91. The molecule has 0 fully saturated rings. The molecular weight excluding hydrogens is 242 g/mol. The molecule has 6 nitrogen and oxygen atoms in total. The summed E-state index contributed by atoms with van der Waals surface area (Å²) in [5.41, 5.74) is 4.51. The average Bonchev–Trinajstić information content (AvgIpc) is 3.00. The molecule has 1 N–H and O–H groups in total. The zero-order valence-corrected chi connectivity index (χ0v) is 10.7. The van der Waals surface area contributed by atoms with E-state index >= 15 is 0 Å². The smallest absolute Gasteiger partial charge is 0.251 e. The lowest BCUT2D eigenvalue weighted by Gasteiger charge is -2.16. The van der Waals surface area contributed by atoms with Crippen LogP contribution in [0.4, 0.5) is 0 Å². The van der Waals surface area contributed by atoms with E-state index in [0.29, 0.717) is 0 Å². The summed E-state index contributed by atoms with van der Waals surface area (Å²) in [6.07, 6.45) is 3.12. The van der Waals surface area contributed by atoms with Crippen LogP contribution in [0.25, 0.3) is 5.69 Å². The Bertz CT molecular complexity index is 640. The molecule has 19 heavy (non-hydrogen) atoms. The summed E-state index contributed by atoms with van der Waals surface area (Å²) in [6, 6.07) is 7.70. The van der Waals surface area contributed by atoms with Crippen LogP contribution >= 0.6 is 0 Å². The number of amides is 1. The highest BCUT2D eigenvalue weighted by Gasteiger charge is 2.39. The molecule has 1 aliphatic heterocycles. The summed E-state index contributed by atoms with van der Waals surface area (Å²) in [5.74, 6) is -0.0807. The first-order valence-electron chi connectivity index (χ1n) is 5.93. The molecule has 2 heterocycles. The van der Waals surface area contributed by atoms with Crippen LogP contribution in [0.15, 0.2) is 42.0 Å². The molecule has 6 heteroatoms. The van der Waals surface area contributed by atoms with E-state index in [1.165, 1.54) is 6.33 Å². The zero-order valence-electron chi connectivity index (χ0n) is 10.7. The molecule has 0 atom stereocenters. The van der Waals surface area contributed by atoms with Crippen LogP contribution in [0.3, 0.4) is 0 Å². The van der Waals surface area contributed by atoms with Crippen LogP contribution in [0.1, 0.15) is 19.4 Å². The van der Waals surface area contributed by atoms with Crippen molar-refractivity contribution < 1.29 is 4.79 Å². The van der Waals surface area contributed by atoms with Crippen LogP contribution in [-0.2, 0) is 4.79 Å². The Morgan fingerprint density at radius 3 is 2.47 bits per heavy atom. The van der Waals surface area contributed by atoms with Gasteiger partial charge in [0.05, 0.1) is 16.8 Å². The Balaban J connectivity index is 1.94. The molecule has 1 amide bonds. The van der Waals surface area contributed by atoms with Gasteiger partial charge in [0.1, 0.15) is 12.7 Å². The van der Waals surface area contributed by atoms with Gasteiger partial charge in [0.25, 0.3) is 5.91 Å². The van der Waals surface area contributed by atoms with Crippen LogP contribution < -0.4 is 5.43 Å². The second-order valence-corrected chi connectivity index (χ2v) is 4.91. The Morgan fingerprint density at radius 2 is 1.95 bits per heavy atom. The van der Waals surface area contributed by atoms with Gasteiger partial charge in [-0.15, -0.1) is 0 Å². The van der Waals surface area contributed by atoms with Gasteiger partial charge < -0.3 is 0 Å². The van der Waals surface area contributed by atoms with Crippen LogP contribution in [0.5, 0.6) is 0 Å². The van der Waals surface area contributed by atoms with E-state index in [-0.39, 0.29) is 5.91 Å². The molecule has 1 aromatic carbocycles. The fourth-order valence-corrected chi connectivity index (χ4v) is 2.03. The predicted molar refractivity (Wildman–Crippen MR) is 69.8 cm³/mol. The molecule has 0 unspecified atom stereocenters. The number of hydrazone groups is 1. The van der Waals surface area contributed by atoms with Gasteiger partial charge in [-0.3, -0.25) is 4.79 Å². The number of nitrogens with one attached hydrogen (secondary N) is 1. The number of benzene rings is 1. The number of hydrogen-bond donors (Lipinski definition) is 1. The van der Waals surface area contributed by atoms with Gasteiger partial charge in [-0.2, -0.15) is 10.2 Å². The van der Waals surface area contributed by atoms with Crippen molar-refractivity contribution in [3.05, 3.63) is 42.5 Å². The predicted octanol–water partition coefficient (Wildman–Crippen LogP) is 1.13. The van der Waals surface area contributed by atoms with Crippen molar-refractivity contribution in [3.63, 3.8) is 0 Å². The Morgan fingerprint density at radius 1 is 1.21 bits per heavy atom. The van der Waals surface area contributed by atoms with E-state index in [0.717, 1.165) is 17.0 Å². The number of rotatable bonds is 2. The summed E-state index contributed by atoms with van der Waals surface area (Å²) in [4.78, 5) is 15.6. The molecule has 0 spiro atoms. The van der Waals surface area contributed by atoms with Gasteiger partial charge in [0.2, 0.25) is 0 Å². The minimum absolute atomic E-state index is 0.0807. The van der Waals surface area contributed by atoms with Crippen LogP contribution in [-0.4, -0.2) is 26.4 Å². The quantitative estimate of drug-likeness (QED) is 0.874. The van der Waals surface area contributed by atoms with Crippen molar-refractivity contribution >= 4 is 11.6 Å². The maximum absolute atomic E-state index is 11.7. The highest BCUT2D eigenvalue weighted by molar-refractivity contribution is 6.19. The molecule has 96 valence electrons. The highest BCUT2D eigenvalue weighted by Crippen LogP contribution is 2.27. The molecule has 1 aromatic heterocycles. The van der Waals surface area contributed by atoms with E-state index in [9.17, 15) is 4.79 Å². The molecule has 2 aromatic rings. The number of carbonyl (C=O) groups excluding carboxylic acids is 1. The number of aromatic nitrogens is 3. The third-order valence-electron chi connectivity index (χ3n) is 3.25. The second kappa shape index (κ2) is 4.01. The first-order chi connectivity index (χ1) is 9.09. The van der Waals surface area contributed by atoms with Gasteiger partial charge in [0, 0.05) is 0 Å². The summed E-state index contributed by atoms with van der Waals surface area (Å²) in [5, 5.41) is 8.18. The third kappa shape index (κ3) is 1.81. The minimum atomic E-state index is -0.602. The number of nitrogens with zero attached hydrogens (tertiary/aromatic N) is 4. The van der Waals surface area contributed by atoms with E-state index < -0.39 is 5.41 Å². The Hall–Kier alpha value is -2.50. The van der Waals surface area contributed by atoms with Crippen molar-refractivity contribution in [1.29, 1.82) is 0 Å². The maximum Gasteiger partial charge on any atom is 0.251 e. The van der Waals surface area contributed by atoms with E-state index in [4.69, 9.17) is 0 Å². The standard InChI is InChI=1S/C13H13N5O/c1-13(2)11(16-17-12(13)19)9-3-5-10(6-4-9)18-8-14-7-15-18/h3-8H,1-2H3,(H,17,19). The molecule has 0 saturated carbocycles. The van der Waals surface area contributed by atoms with Crippen molar-refractivity contribution in [1.82, 2.24) is 20.2 Å². The minimum Gasteiger partial charge on any atom is -0.272 e. The lowest BCUT2D eigenvalue weighted by atomic mass is 9.84. The molecule has 3 rings (SSSR count). The summed E-state index contributed by atoms with van der Waals surface area (Å²) < 4.78 is 1.68. The summed E-state index contributed by atoms with van der Waals surface area (Å²) in [7, 11) is 0. The zero-order chi connectivity index (χ0) is 13.5. The van der Waals surface area contributed by atoms with Gasteiger partial charge in [-0.25, -0.2) is 15.1 Å². The number of carbonyl (C=O) groups is 1. The normalized spacial score (nSPS) is 17.2. The SMILES string of the molecule is CC1(C)C(=O)NN=C1c1ccc(-n2cncn2)cc1. The maximum atomic E-state index is 11.7. The Labute approximate surface area is 110 Å². The summed E-state index contributed by atoms with van der Waals surface area (Å²) >= 11 is 0. The molecular formula is C13H13N5O. The van der Waals surface area contributed by atoms with Crippen molar-refractivity contribution in [2.45, 2.75) is 13.8 Å². The summed E-state index contributed by atoms with van der Waals surface area (Å²) in [6.45, 7) is 3.72. The van der Waals surface area contributed by atoms with Gasteiger partial charge in [0.15, 0.2) is 0 Å². The van der Waals surface area contributed by atoms with Gasteiger partial charge in [-0.05, 0) is 31.5 Å². The van der Waals surface area contributed by atoms with Crippen LogP contribution in [0, 0.1) is 5.41 Å². The topological polar surface area (TPSA) is 72.2 Å². The lowest BCUT2D eigenvalue weighted by Crippen LogP contribution is -2.32. The Kier molecular flexibility index (Phi) is 2.45. The van der Waals surface area contributed by atoms with E-state index in [1.54, 1.807) is 11.0 Å². The molecule has 0 bridgehead atoms. The fraction of sp³-hybridized carbons (Fsp3) is 0.231. The number of hydrogen-bond acceptors (Lipinski definition) is 4. The van der Waals surface area contributed by atoms with Crippen molar-refractivity contribution in [3.8, 4) is 5.69 Å². The largest absolute Gasteiger partial charge is 0.272 e. The van der Waals surface area contributed by atoms with Gasteiger partial charge in [-0.1, -0.05) is 12.1 Å². The average molecular weight is 255 g/mol. The van der Waals surface area contributed by atoms with E-state index in [2.05, 4.69) is 20.6 Å². The van der Waals surface area contributed by atoms with E-state index in [1.807, 2.05) is 38.1 Å². The molecule has 0 aliphatic carbocycles. The fourth-order valence-electron chi connectivity index (χ4n) is 2.03. The molecule has 0 saturated heterocycles.